The Kier molecular flexibility index (Phi) is 5.03. The van der Waals surface area contributed by atoms with Crippen LogP contribution in [0.15, 0.2) is 12.4 Å². The summed E-state index contributed by atoms with van der Waals surface area (Å²) in [5, 5.41) is 8.23. The van der Waals surface area contributed by atoms with Gasteiger partial charge in [-0.15, -0.1) is 0 Å². The molecule has 0 aromatic carbocycles. The van der Waals surface area contributed by atoms with Crippen molar-refractivity contribution in [2.45, 2.75) is 72.0 Å². The van der Waals surface area contributed by atoms with Gasteiger partial charge in [-0.1, -0.05) is 26.7 Å². The van der Waals surface area contributed by atoms with Crippen LogP contribution in [0.25, 0.3) is 0 Å². The first-order valence-corrected chi connectivity index (χ1v) is 7.90. The van der Waals surface area contributed by atoms with Gasteiger partial charge in [0.1, 0.15) is 0 Å². The molecule has 3 nitrogen and oxygen atoms in total. The summed E-state index contributed by atoms with van der Waals surface area (Å²) in [4.78, 5) is 0. The molecule has 1 fully saturated rings. The van der Waals surface area contributed by atoms with Crippen LogP contribution >= 0.6 is 0 Å². The Hall–Kier alpha value is -0.830. The highest BCUT2D eigenvalue weighted by atomic mass is 15.3. The lowest BCUT2D eigenvalue weighted by Crippen LogP contribution is -2.41. The van der Waals surface area contributed by atoms with Crippen molar-refractivity contribution in [1.82, 2.24) is 15.1 Å². The molecule has 0 aliphatic heterocycles. The van der Waals surface area contributed by atoms with Gasteiger partial charge < -0.3 is 5.32 Å². The van der Waals surface area contributed by atoms with E-state index in [1.807, 2.05) is 10.9 Å². The van der Waals surface area contributed by atoms with Crippen LogP contribution in [0.1, 0.15) is 65.0 Å². The Morgan fingerprint density at radius 1 is 1.32 bits per heavy atom. The van der Waals surface area contributed by atoms with E-state index in [1.54, 1.807) is 0 Å². The SMILES string of the molecule is CCn1cc(C(C)NC2CCCCC2C(C)C)cn1. The molecule has 0 spiro atoms. The molecule has 1 N–H and O–H groups in total. The molecule has 1 saturated carbocycles. The van der Waals surface area contributed by atoms with Crippen molar-refractivity contribution >= 4 is 0 Å². The van der Waals surface area contributed by atoms with Crippen molar-refractivity contribution < 1.29 is 0 Å². The number of nitrogens with zero attached hydrogens (tertiary/aromatic N) is 2. The zero-order valence-electron chi connectivity index (χ0n) is 12.9. The summed E-state index contributed by atoms with van der Waals surface area (Å²) in [5.74, 6) is 1.61. The van der Waals surface area contributed by atoms with Gasteiger partial charge in [0.25, 0.3) is 0 Å². The molecule has 19 heavy (non-hydrogen) atoms. The van der Waals surface area contributed by atoms with Gasteiger partial charge in [-0.2, -0.15) is 5.10 Å². The molecule has 1 aliphatic rings. The standard InChI is InChI=1S/C16H29N3/c1-5-19-11-14(10-17-19)13(4)18-16-9-7-6-8-15(16)12(2)3/h10-13,15-16,18H,5-9H2,1-4H3. The lowest BCUT2D eigenvalue weighted by Gasteiger charge is -2.36. The average molecular weight is 263 g/mol. The third-order valence-corrected chi connectivity index (χ3v) is 4.62. The summed E-state index contributed by atoms with van der Waals surface area (Å²) in [5.41, 5.74) is 1.31. The number of hydrogen-bond donors (Lipinski definition) is 1. The van der Waals surface area contributed by atoms with Gasteiger partial charge >= 0.3 is 0 Å². The molecule has 0 radical (unpaired) electrons. The number of rotatable bonds is 5. The van der Waals surface area contributed by atoms with Gasteiger partial charge in [-0.25, -0.2) is 0 Å². The molecule has 1 aliphatic carbocycles. The van der Waals surface area contributed by atoms with E-state index in [2.05, 4.69) is 44.3 Å². The van der Waals surface area contributed by atoms with Crippen LogP contribution in [-0.4, -0.2) is 15.8 Å². The largest absolute Gasteiger partial charge is 0.307 e. The molecule has 108 valence electrons. The summed E-state index contributed by atoms with van der Waals surface area (Å²) in [6.07, 6.45) is 9.68. The highest BCUT2D eigenvalue weighted by molar-refractivity contribution is 5.09. The monoisotopic (exact) mass is 263 g/mol. The second kappa shape index (κ2) is 6.56. The highest BCUT2D eigenvalue weighted by Crippen LogP contribution is 2.31. The molecule has 1 aromatic rings. The predicted molar refractivity (Wildman–Crippen MR) is 80.0 cm³/mol. The summed E-state index contributed by atoms with van der Waals surface area (Å²) in [7, 11) is 0. The normalized spacial score (nSPS) is 25.7. The summed E-state index contributed by atoms with van der Waals surface area (Å²) >= 11 is 0. The first kappa shape index (κ1) is 14.6. The van der Waals surface area contributed by atoms with E-state index in [1.165, 1.54) is 31.2 Å². The second-order valence-electron chi connectivity index (χ2n) is 6.32. The van der Waals surface area contributed by atoms with Crippen molar-refractivity contribution in [3.8, 4) is 0 Å². The number of aryl methyl sites for hydroxylation is 1. The van der Waals surface area contributed by atoms with Crippen molar-refractivity contribution in [3.63, 3.8) is 0 Å². The van der Waals surface area contributed by atoms with Crippen LogP contribution in [0.3, 0.4) is 0 Å². The topological polar surface area (TPSA) is 29.9 Å². The van der Waals surface area contributed by atoms with Gasteiger partial charge in [0.2, 0.25) is 0 Å². The molecular formula is C16H29N3. The van der Waals surface area contributed by atoms with Crippen LogP contribution in [0.4, 0.5) is 0 Å². The van der Waals surface area contributed by atoms with Crippen LogP contribution < -0.4 is 5.32 Å². The molecule has 0 saturated heterocycles. The van der Waals surface area contributed by atoms with Crippen molar-refractivity contribution in [3.05, 3.63) is 18.0 Å². The third kappa shape index (κ3) is 3.59. The fraction of sp³-hybridized carbons (Fsp3) is 0.812. The van der Waals surface area contributed by atoms with Crippen LogP contribution in [-0.2, 0) is 6.54 Å². The Labute approximate surface area is 117 Å². The minimum atomic E-state index is 0.407. The third-order valence-electron chi connectivity index (χ3n) is 4.62. The van der Waals surface area contributed by atoms with Crippen molar-refractivity contribution in [2.75, 3.05) is 0 Å². The lowest BCUT2D eigenvalue weighted by molar-refractivity contribution is 0.195. The molecule has 0 amide bonds. The minimum Gasteiger partial charge on any atom is -0.307 e. The number of hydrogen-bond acceptors (Lipinski definition) is 2. The molecule has 0 bridgehead atoms. The Morgan fingerprint density at radius 2 is 2.05 bits per heavy atom. The van der Waals surface area contributed by atoms with Crippen LogP contribution in [0.5, 0.6) is 0 Å². The highest BCUT2D eigenvalue weighted by Gasteiger charge is 2.28. The Balaban J connectivity index is 1.98. The van der Waals surface area contributed by atoms with Crippen LogP contribution in [0, 0.1) is 11.8 Å². The minimum absolute atomic E-state index is 0.407. The fourth-order valence-electron chi connectivity index (χ4n) is 3.36. The second-order valence-corrected chi connectivity index (χ2v) is 6.32. The molecule has 3 unspecified atom stereocenters. The first-order chi connectivity index (χ1) is 9.11. The van der Waals surface area contributed by atoms with Crippen molar-refractivity contribution in [2.24, 2.45) is 11.8 Å². The van der Waals surface area contributed by atoms with Gasteiger partial charge in [-0.05, 0) is 38.5 Å². The summed E-state index contributed by atoms with van der Waals surface area (Å²) in [6, 6.07) is 1.08. The van der Waals surface area contributed by atoms with E-state index in [4.69, 9.17) is 0 Å². The van der Waals surface area contributed by atoms with Gasteiger partial charge in [0.05, 0.1) is 6.20 Å². The maximum absolute atomic E-state index is 4.38. The fourth-order valence-corrected chi connectivity index (χ4v) is 3.36. The summed E-state index contributed by atoms with van der Waals surface area (Å²) in [6.45, 7) is 10.1. The van der Waals surface area contributed by atoms with E-state index in [0.29, 0.717) is 12.1 Å². The van der Waals surface area contributed by atoms with Gasteiger partial charge in [0.15, 0.2) is 0 Å². The average Bonchev–Trinajstić information content (AvgIpc) is 2.88. The quantitative estimate of drug-likeness (QED) is 0.876. The predicted octanol–water partition coefficient (Wildman–Crippen LogP) is 3.77. The maximum atomic E-state index is 4.38. The molecule has 1 aromatic heterocycles. The molecular weight excluding hydrogens is 234 g/mol. The van der Waals surface area contributed by atoms with E-state index in [-0.39, 0.29) is 0 Å². The van der Waals surface area contributed by atoms with Gasteiger partial charge in [0, 0.05) is 30.4 Å². The molecule has 3 atom stereocenters. The zero-order valence-corrected chi connectivity index (χ0v) is 12.9. The summed E-state index contributed by atoms with van der Waals surface area (Å²) < 4.78 is 2.01. The zero-order chi connectivity index (χ0) is 13.8. The number of nitrogens with one attached hydrogen (secondary N) is 1. The Bertz CT molecular complexity index is 383. The molecule has 1 heterocycles. The van der Waals surface area contributed by atoms with E-state index >= 15 is 0 Å². The van der Waals surface area contributed by atoms with Gasteiger partial charge in [-0.3, -0.25) is 4.68 Å². The maximum Gasteiger partial charge on any atom is 0.0537 e. The van der Waals surface area contributed by atoms with E-state index in [9.17, 15) is 0 Å². The van der Waals surface area contributed by atoms with Crippen molar-refractivity contribution in [1.29, 1.82) is 0 Å². The van der Waals surface area contributed by atoms with Crippen LogP contribution in [0.2, 0.25) is 0 Å². The molecule has 2 rings (SSSR count). The van der Waals surface area contributed by atoms with E-state index < -0.39 is 0 Å². The van der Waals surface area contributed by atoms with E-state index in [0.717, 1.165) is 18.4 Å². The number of aromatic nitrogens is 2. The first-order valence-electron chi connectivity index (χ1n) is 7.90. The Morgan fingerprint density at radius 3 is 2.68 bits per heavy atom. The lowest BCUT2D eigenvalue weighted by atomic mass is 9.77. The molecule has 3 heteroatoms. The smallest absolute Gasteiger partial charge is 0.0537 e.